The molecule has 2 fully saturated rings. The molecule has 5 nitrogen and oxygen atoms in total. The molecule has 0 radical (unpaired) electrons. The second kappa shape index (κ2) is 5.79. The largest absolute Gasteiger partial charge is 0.387 e. The van der Waals surface area contributed by atoms with Gasteiger partial charge in [0, 0.05) is 50.8 Å². The number of hydrogen-bond acceptors (Lipinski definition) is 4. The summed E-state index contributed by atoms with van der Waals surface area (Å²) in [5.41, 5.74) is 1.54. The Balaban J connectivity index is 1.79. The second-order valence-electron chi connectivity index (χ2n) is 5.61. The summed E-state index contributed by atoms with van der Waals surface area (Å²) in [5, 5.41) is 3.08. The number of carbonyl (C=O) groups excluding carboxylic acids is 1. The Hall–Kier alpha value is -1.62. The fraction of sp³-hybridized carbons (Fsp3) is 0.600. The molecule has 1 aromatic rings. The third kappa shape index (κ3) is 2.50. The first kappa shape index (κ1) is 13.4. The molecule has 0 aromatic carbocycles. The number of carbonyl (C=O) groups is 1. The average Bonchev–Trinajstić information content (AvgIpc) is 2.83. The van der Waals surface area contributed by atoms with Crippen molar-refractivity contribution in [2.24, 2.45) is 0 Å². The molecular weight excluding hydrogens is 252 g/mol. The van der Waals surface area contributed by atoms with Crippen LogP contribution in [-0.4, -0.2) is 60.0 Å². The highest BCUT2D eigenvalue weighted by Crippen LogP contribution is 2.23. The summed E-state index contributed by atoms with van der Waals surface area (Å²) in [6.45, 7) is 4.03. The third-order valence-corrected chi connectivity index (χ3v) is 4.41. The van der Waals surface area contributed by atoms with Gasteiger partial charge in [0.1, 0.15) is 0 Å². The highest BCUT2D eigenvalue weighted by molar-refractivity contribution is 5.99. The molecule has 0 aliphatic carbocycles. The molecule has 3 rings (SSSR count). The fourth-order valence-corrected chi connectivity index (χ4v) is 3.34. The maximum Gasteiger partial charge on any atom is 0.257 e. The molecule has 1 amide bonds. The van der Waals surface area contributed by atoms with E-state index in [9.17, 15) is 4.79 Å². The first-order valence-electron chi connectivity index (χ1n) is 7.44. The molecular formula is C15H22N4O. The van der Waals surface area contributed by atoms with Crippen molar-refractivity contribution in [2.75, 3.05) is 38.5 Å². The van der Waals surface area contributed by atoms with Gasteiger partial charge in [-0.3, -0.25) is 14.7 Å². The van der Waals surface area contributed by atoms with Crippen LogP contribution in [0.15, 0.2) is 18.5 Å². The molecule has 0 bridgehead atoms. The summed E-state index contributed by atoms with van der Waals surface area (Å²) in [5.74, 6) is 0.108. The van der Waals surface area contributed by atoms with Crippen LogP contribution in [0.3, 0.4) is 0 Å². The lowest BCUT2D eigenvalue weighted by atomic mass is 10.1. The van der Waals surface area contributed by atoms with Crippen LogP contribution in [0.25, 0.3) is 0 Å². The molecule has 1 atom stereocenters. The Morgan fingerprint density at radius 1 is 1.35 bits per heavy atom. The van der Waals surface area contributed by atoms with E-state index in [0.717, 1.165) is 31.7 Å². The Bertz CT molecular complexity index is 491. The first-order chi connectivity index (χ1) is 9.79. The number of amides is 1. The summed E-state index contributed by atoms with van der Waals surface area (Å²) in [4.78, 5) is 21.4. The van der Waals surface area contributed by atoms with Gasteiger partial charge in [-0.2, -0.15) is 0 Å². The van der Waals surface area contributed by atoms with Crippen molar-refractivity contribution in [3.05, 3.63) is 24.0 Å². The van der Waals surface area contributed by atoms with Gasteiger partial charge in [0.2, 0.25) is 0 Å². The van der Waals surface area contributed by atoms with Crippen LogP contribution in [0, 0.1) is 0 Å². The highest BCUT2D eigenvalue weighted by Gasteiger charge is 2.31. The van der Waals surface area contributed by atoms with Crippen LogP contribution in [0.5, 0.6) is 0 Å². The van der Waals surface area contributed by atoms with Crippen LogP contribution in [0.2, 0.25) is 0 Å². The number of nitrogens with zero attached hydrogens (tertiary/aromatic N) is 3. The van der Waals surface area contributed by atoms with Crippen molar-refractivity contribution in [3.8, 4) is 0 Å². The molecule has 2 aliphatic heterocycles. The number of aromatic nitrogens is 1. The molecule has 1 N–H and O–H groups in total. The molecule has 0 spiro atoms. The van der Waals surface area contributed by atoms with Crippen molar-refractivity contribution in [1.82, 2.24) is 14.8 Å². The van der Waals surface area contributed by atoms with Crippen LogP contribution in [-0.2, 0) is 0 Å². The van der Waals surface area contributed by atoms with E-state index in [1.165, 1.54) is 19.4 Å². The maximum atomic E-state index is 12.7. The summed E-state index contributed by atoms with van der Waals surface area (Å²) in [6, 6.07) is 2.41. The van der Waals surface area contributed by atoms with Crippen LogP contribution < -0.4 is 5.32 Å². The molecule has 0 saturated carbocycles. The van der Waals surface area contributed by atoms with E-state index >= 15 is 0 Å². The minimum Gasteiger partial charge on any atom is -0.387 e. The zero-order chi connectivity index (χ0) is 13.9. The number of fused-ring (bicyclic) bond motifs is 1. The van der Waals surface area contributed by atoms with E-state index in [0.29, 0.717) is 11.6 Å². The molecule has 2 aliphatic rings. The lowest BCUT2D eigenvalue weighted by molar-refractivity contribution is 0.0744. The second-order valence-corrected chi connectivity index (χ2v) is 5.61. The topological polar surface area (TPSA) is 48.5 Å². The van der Waals surface area contributed by atoms with Gasteiger partial charge in [0.05, 0.1) is 5.56 Å². The smallest absolute Gasteiger partial charge is 0.257 e. The predicted molar refractivity (Wildman–Crippen MR) is 78.9 cm³/mol. The molecule has 5 heteroatoms. The molecule has 1 unspecified atom stereocenters. The summed E-state index contributed by atoms with van der Waals surface area (Å²) < 4.78 is 0. The standard InChI is InChI=1S/C15H22N4O/c1-16-14-5-6-17-10-13(14)15(20)19-9-3-8-18-7-2-4-12(18)11-19/h5-6,10,12H,2-4,7-9,11H2,1H3,(H,16,17). The molecule has 1 aromatic heterocycles. The zero-order valence-corrected chi connectivity index (χ0v) is 12.0. The van der Waals surface area contributed by atoms with E-state index < -0.39 is 0 Å². The van der Waals surface area contributed by atoms with Crippen molar-refractivity contribution >= 4 is 11.6 Å². The molecule has 2 saturated heterocycles. The van der Waals surface area contributed by atoms with Crippen molar-refractivity contribution in [2.45, 2.75) is 25.3 Å². The SMILES string of the molecule is CNc1ccncc1C(=O)N1CCCN2CCCC2C1. The fourth-order valence-electron chi connectivity index (χ4n) is 3.34. The number of nitrogens with one attached hydrogen (secondary N) is 1. The summed E-state index contributed by atoms with van der Waals surface area (Å²) in [6.07, 6.45) is 6.93. The summed E-state index contributed by atoms with van der Waals surface area (Å²) >= 11 is 0. The van der Waals surface area contributed by atoms with Gasteiger partial charge in [0.15, 0.2) is 0 Å². The lowest BCUT2D eigenvalue weighted by Gasteiger charge is -2.26. The molecule has 3 heterocycles. The zero-order valence-electron chi connectivity index (χ0n) is 12.0. The Morgan fingerprint density at radius 3 is 3.05 bits per heavy atom. The third-order valence-electron chi connectivity index (χ3n) is 4.41. The van der Waals surface area contributed by atoms with Crippen molar-refractivity contribution in [3.63, 3.8) is 0 Å². The minimum atomic E-state index is 0.108. The van der Waals surface area contributed by atoms with Gasteiger partial charge in [-0.25, -0.2) is 0 Å². The summed E-state index contributed by atoms with van der Waals surface area (Å²) in [7, 11) is 1.84. The predicted octanol–water partition coefficient (Wildman–Crippen LogP) is 1.43. The quantitative estimate of drug-likeness (QED) is 0.886. The van der Waals surface area contributed by atoms with Crippen LogP contribution in [0.4, 0.5) is 5.69 Å². The highest BCUT2D eigenvalue weighted by atomic mass is 16.2. The Morgan fingerprint density at radius 2 is 2.20 bits per heavy atom. The number of pyridine rings is 1. The van der Waals surface area contributed by atoms with E-state index in [2.05, 4.69) is 15.2 Å². The van der Waals surface area contributed by atoms with Gasteiger partial charge in [0.25, 0.3) is 5.91 Å². The van der Waals surface area contributed by atoms with Crippen molar-refractivity contribution < 1.29 is 4.79 Å². The van der Waals surface area contributed by atoms with E-state index in [-0.39, 0.29) is 5.91 Å². The van der Waals surface area contributed by atoms with Gasteiger partial charge in [-0.15, -0.1) is 0 Å². The first-order valence-corrected chi connectivity index (χ1v) is 7.44. The van der Waals surface area contributed by atoms with Gasteiger partial charge in [-0.1, -0.05) is 0 Å². The normalized spacial score (nSPS) is 23.2. The maximum absolute atomic E-state index is 12.7. The van der Waals surface area contributed by atoms with Crippen LogP contribution >= 0.6 is 0 Å². The number of anilines is 1. The van der Waals surface area contributed by atoms with E-state index in [4.69, 9.17) is 0 Å². The van der Waals surface area contributed by atoms with Gasteiger partial charge in [-0.05, 0) is 31.9 Å². The van der Waals surface area contributed by atoms with Crippen LogP contribution in [0.1, 0.15) is 29.6 Å². The number of hydrogen-bond donors (Lipinski definition) is 1. The monoisotopic (exact) mass is 274 g/mol. The average molecular weight is 274 g/mol. The molecule has 20 heavy (non-hydrogen) atoms. The van der Waals surface area contributed by atoms with E-state index in [1.807, 2.05) is 18.0 Å². The van der Waals surface area contributed by atoms with Crippen molar-refractivity contribution in [1.29, 1.82) is 0 Å². The lowest BCUT2D eigenvalue weighted by Crippen LogP contribution is -2.39. The van der Waals surface area contributed by atoms with E-state index in [1.54, 1.807) is 12.4 Å². The number of rotatable bonds is 2. The molecule has 108 valence electrons. The Kier molecular flexibility index (Phi) is 3.87. The Labute approximate surface area is 120 Å². The minimum absolute atomic E-state index is 0.108. The van der Waals surface area contributed by atoms with Gasteiger partial charge < -0.3 is 10.2 Å². The van der Waals surface area contributed by atoms with Gasteiger partial charge >= 0.3 is 0 Å².